The third kappa shape index (κ3) is 3.85. The number of esters is 1. The highest BCUT2D eigenvalue weighted by Gasteiger charge is 2.20. The first-order valence-electron chi connectivity index (χ1n) is 8.50. The quantitative estimate of drug-likeness (QED) is 0.461. The van der Waals surface area contributed by atoms with Gasteiger partial charge >= 0.3 is 5.97 Å². The first-order valence-corrected chi connectivity index (χ1v) is 9.32. The van der Waals surface area contributed by atoms with Gasteiger partial charge in [-0.25, -0.2) is 9.18 Å². The van der Waals surface area contributed by atoms with Crippen molar-refractivity contribution >= 4 is 23.1 Å². The number of nitrogens with zero attached hydrogens (tertiary/aromatic N) is 1. The molecular weight excluding hydrogens is 365 g/mol. The van der Waals surface area contributed by atoms with Gasteiger partial charge < -0.3 is 9.30 Å². The highest BCUT2D eigenvalue weighted by Crippen LogP contribution is 2.23. The number of rotatable bonds is 5. The standard InChI is InChI=1S/C21H20FNO3S/c1-12-9-18(14(3)23(12)17-7-5-16(22)6-8-17)21(25)26-11-20(24)19-10-13(2)27-15(19)4/h5-10H,11H2,1-4H3. The van der Waals surface area contributed by atoms with Crippen molar-refractivity contribution in [3.8, 4) is 5.69 Å². The monoisotopic (exact) mass is 385 g/mol. The molecule has 3 aromatic rings. The molecule has 0 aliphatic carbocycles. The van der Waals surface area contributed by atoms with E-state index in [1.807, 2.05) is 31.4 Å². The van der Waals surface area contributed by atoms with Gasteiger partial charge in [0.2, 0.25) is 5.78 Å². The maximum absolute atomic E-state index is 13.2. The van der Waals surface area contributed by atoms with E-state index < -0.39 is 5.97 Å². The van der Waals surface area contributed by atoms with Crippen LogP contribution in [-0.4, -0.2) is 22.9 Å². The first kappa shape index (κ1) is 19.0. The molecule has 2 heterocycles. The van der Waals surface area contributed by atoms with E-state index in [9.17, 15) is 14.0 Å². The molecule has 6 heteroatoms. The molecule has 0 bridgehead atoms. The number of hydrogen-bond donors (Lipinski definition) is 0. The van der Waals surface area contributed by atoms with Gasteiger partial charge in [0.05, 0.1) is 5.56 Å². The number of ether oxygens (including phenoxy) is 1. The molecule has 0 saturated carbocycles. The Labute approximate surface area is 161 Å². The second-order valence-electron chi connectivity index (χ2n) is 6.42. The number of hydrogen-bond acceptors (Lipinski definition) is 4. The van der Waals surface area contributed by atoms with Gasteiger partial charge in [0, 0.05) is 32.4 Å². The van der Waals surface area contributed by atoms with Gasteiger partial charge in [-0.3, -0.25) is 4.79 Å². The Balaban J connectivity index is 1.77. The summed E-state index contributed by atoms with van der Waals surface area (Å²) in [6, 6.07) is 9.57. The Morgan fingerprint density at radius 2 is 1.70 bits per heavy atom. The summed E-state index contributed by atoms with van der Waals surface area (Å²) in [5, 5.41) is 0. The van der Waals surface area contributed by atoms with Crippen molar-refractivity contribution in [1.82, 2.24) is 4.57 Å². The highest BCUT2D eigenvalue weighted by atomic mass is 32.1. The predicted molar refractivity (Wildman–Crippen MR) is 104 cm³/mol. The molecule has 0 atom stereocenters. The highest BCUT2D eigenvalue weighted by molar-refractivity contribution is 7.12. The molecule has 0 aliphatic heterocycles. The third-order valence-electron chi connectivity index (χ3n) is 4.41. The molecule has 0 spiro atoms. The predicted octanol–water partition coefficient (Wildman–Crippen LogP) is 4.95. The second kappa shape index (κ2) is 7.48. The molecule has 0 saturated heterocycles. The molecule has 140 valence electrons. The number of aryl methyl sites for hydroxylation is 3. The average molecular weight is 385 g/mol. The van der Waals surface area contributed by atoms with Crippen LogP contribution in [0.15, 0.2) is 36.4 Å². The topological polar surface area (TPSA) is 48.3 Å². The summed E-state index contributed by atoms with van der Waals surface area (Å²) in [4.78, 5) is 26.8. The lowest BCUT2D eigenvalue weighted by molar-refractivity contribution is 0.0474. The van der Waals surface area contributed by atoms with Gasteiger partial charge in [0.25, 0.3) is 0 Å². The first-order chi connectivity index (χ1) is 12.8. The van der Waals surface area contributed by atoms with Crippen LogP contribution in [0.25, 0.3) is 5.69 Å². The van der Waals surface area contributed by atoms with Crippen LogP contribution in [-0.2, 0) is 4.74 Å². The van der Waals surface area contributed by atoms with E-state index in [0.717, 1.165) is 21.1 Å². The molecule has 0 amide bonds. The number of aromatic nitrogens is 1. The van der Waals surface area contributed by atoms with Crippen LogP contribution in [0.2, 0.25) is 0 Å². The lowest BCUT2D eigenvalue weighted by Gasteiger charge is -2.10. The summed E-state index contributed by atoms with van der Waals surface area (Å²) in [6.45, 7) is 7.17. The number of carbonyl (C=O) groups excluding carboxylic acids is 2. The zero-order chi connectivity index (χ0) is 19.7. The van der Waals surface area contributed by atoms with Crippen LogP contribution in [0.3, 0.4) is 0 Å². The fourth-order valence-electron chi connectivity index (χ4n) is 3.15. The maximum atomic E-state index is 13.2. The van der Waals surface area contributed by atoms with Crippen LogP contribution in [0.5, 0.6) is 0 Å². The van der Waals surface area contributed by atoms with Crippen molar-refractivity contribution in [3.05, 3.63) is 74.5 Å². The molecule has 1 aromatic carbocycles. The fourth-order valence-corrected chi connectivity index (χ4v) is 4.09. The number of halogens is 1. The minimum absolute atomic E-state index is 0.211. The molecule has 2 aromatic heterocycles. The number of ketones is 1. The zero-order valence-electron chi connectivity index (χ0n) is 15.6. The molecule has 4 nitrogen and oxygen atoms in total. The Morgan fingerprint density at radius 1 is 1.04 bits per heavy atom. The summed E-state index contributed by atoms with van der Waals surface area (Å²) in [7, 11) is 0. The number of carbonyl (C=O) groups is 2. The normalized spacial score (nSPS) is 10.9. The van der Waals surface area contributed by atoms with Crippen molar-refractivity contribution < 1.29 is 18.7 Å². The lowest BCUT2D eigenvalue weighted by atomic mass is 10.2. The van der Waals surface area contributed by atoms with Gasteiger partial charge in [-0.05, 0) is 64.1 Å². The number of thiophene rings is 1. The van der Waals surface area contributed by atoms with Gasteiger partial charge in [-0.15, -0.1) is 11.3 Å². The Kier molecular flexibility index (Phi) is 5.28. The molecule has 0 N–H and O–H groups in total. The van der Waals surface area contributed by atoms with Gasteiger partial charge in [0.15, 0.2) is 6.61 Å². The smallest absolute Gasteiger partial charge is 0.340 e. The zero-order valence-corrected chi connectivity index (χ0v) is 16.4. The van der Waals surface area contributed by atoms with E-state index in [1.54, 1.807) is 36.5 Å². The Hall–Kier alpha value is -2.73. The molecule has 0 fully saturated rings. The van der Waals surface area contributed by atoms with E-state index >= 15 is 0 Å². The van der Waals surface area contributed by atoms with Crippen LogP contribution >= 0.6 is 11.3 Å². The Morgan fingerprint density at radius 3 is 2.30 bits per heavy atom. The minimum atomic E-state index is -0.547. The lowest BCUT2D eigenvalue weighted by Crippen LogP contribution is -2.15. The van der Waals surface area contributed by atoms with E-state index in [0.29, 0.717) is 16.8 Å². The summed E-state index contributed by atoms with van der Waals surface area (Å²) < 4.78 is 20.3. The largest absolute Gasteiger partial charge is 0.454 e. The average Bonchev–Trinajstić information content (AvgIpc) is 3.11. The van der Waals surface area contributed by atoms with Crippen molar-refractivity contribution in [2.24, 2.45) is 0 Å². The molecule has 27 heavy (non-hydrogen) atoms. The molecular formula is C21H20FNO3S. The van der Waals surface area contributed by atoms with Gasteiger partial charge in [0.1, 0.15) is 5.82 Å². The summed E-state index contributed by atoms with van der Waals surface area (Å²) >= 11 is 1.54. The van der Waals surface area contributed by atoms with Crippen molar-refractivity contribution in [2.45, 2.75) is 27.7 Å². The third-order valence-corrected chi connectivity index (χ3v) is 5.38. The number of benzene rings is 1. The maximum Gasteiger partial charge on any atom is 0.340 e. The Bertz CT molecular complexity index is 1010. The van der Waals surface area contributed by atoms with Crippen molar-refractivity contribution in [2.75, 3.05) is 6.61 Å². The number of Topliss-reactive ketones (excluding diaryl/α,β-unsaturated/α-hetero) is 1. The SMILES string of the molecule is Cc1cc(C(=O)COC(=O)c2cc(C)n(-c3ccc(F)cc3)c2C)c(C)s1. The van der Waals surface area contributed by atoms with Crippen LogP contribution in [0.1, 0.15) is 41.9 Å². The van der Waals surface area contributed by atoms with Crippen molar-refractivity contribution in [3.63, 3.8) is 0 Å². The van der Waals surface area contributed by atoms with E-state index in [2.05, 4.69) is 0 Å². The van der Waals surface area contributed by atoms with E-state index in [1.165, 1.54) is 12.1 Å². The van der Waals surface area contributed by atoms with E-state index in [4.69, 9.17) is 4.74 Å². The summed E-state index contributed by atoms with van der Waals surface area (Å²) in [5.41, 5.74) is 3.25. The van der Waals surface area contributed by atoms with Crippen LogP contribution in [0, 0.1) is 33.5 Å². The molecule has 3 rings (SSSR count). The van der Waals surface area contributed by atoms with Crippen molar-refractivity contribution in [1.29, 1.82) is 0 Å². The molecule has 0 unspecified atom stereocenters. The molecule has 0 aliphatic rings. The van der Waals surface area contributed by atoms with Crippen LogP contribution in [0.4, 0.5) is 4.39 Å². The fraction of sp³-hybridized carbons (Fsp3) is 0.238. The summed E-state index contributed by atoms with van der Waals surface area (Å²) in [6.07, 6.45) is 0. The second-order valence-corrected chi connectivity index (χ2v) is 7.88. The van der Waals surface area contributed by atoms with E-state index in [-0.39, 0.29) is 18.2 Å². The van der Waals surface area contributed by atoms with Gasteiger partial charge in [-0.1, -0.05) is 0 Å². The van der Waals surface area contributed by atoms with Gasteiger partial charge in [-0.2, -0.15) is 0 Å². The van der Waals surface area contributed by atoms with Crippen LogP contribution < -0.4 is 0 Å². The molecule has 0 radical (unpaired) electrons. The minimum Gasteiger partial charge on any atom is -0.454 e. The summed E-state index contributed by atoms with van der Waals surface area (Å²) in [5.74, 6) is -1.08.